The average Bonchev–Trinajstić information content (AvgIpc) is 3.16. The van der Waals surface area contributed by atoms with Crippen molar-refractivity contribution in [3.8, 4) is 11.4 Å². The van der Waals surface area contributed by atoms with E-state index >= 15 is 0 Å². The first-order valence-electron chi connectivity index (χ1n) is 8.97. The molecule has 1 aromatic heterocycles. The number of hydrogen-bond acceptors (Lipinski definition) is 4. The van der Waals surface area contributed by atoms with Crippen LogP contribution < -0.4 is 10.6 Å². The maximum atomic E-state index is 13.9. The Hall–Kier alpha value is -3.00. The van der Waals surface area contributed by atoms with Crippen LogP contribution in [0, 0.1) is 11.6 Å². The van der Waals surface area contributed by atoms with E-state index < -0.39 is 17.7 Å². The summed E-state index contributed by atoms with van der Waals surface area (Å²) in [5, 5.41) is 10.7. The van der Waals surface area contributed by atoms with Crippen molar-refractivity contribution in [1.29, 1.82) is 0 Å². The molecule has 1 heterocycles. The van der Waals surface area contributed by atoms with Gasteiger partial charge in [-0.15, -0.1) is 0 Å². The minimum absolute atomic E-state index is 0.345. The fraction of sp³-hybridized carbons (Fsp3) is 0.250. The first-order valence-corrected chi connectivity index (χ1v) is 9.34. The zero-order valence-corrected chi connectivity index (χ0v) is 16.7. The van der Waals surface area contributed by atoms with Gasteiger partial charge in [0, 0.05) is 42.2 Å². The smallest absolute Gasteiger partial charge is 0.228 e. The van der Waals surface area contributed by atoms with Gasteiger partial charge in [0.25, 0.3) is 0 Å². The van der Waals surface area contributed by atoms with E-state index in [2.05, 4.69) is 25.8 Å². The Kier molecular flexibility index (Phi) is 6.77. The van der Waals surface area contributed by atoms with Gasteiger partial charge in [-0.1, -0.05) is 35.0 Å². The standard InChI is InChI=1S/C20H20ClF2N5O/c1-12(16-7-6-15(22)11-17(16)23)26-20(24-2)25-9-8-18-27-19(28-29-18)13-4-3-5-14(21)10-13/h3-7,10-12H,8-9H2,1-2H3,(H2,24,25,26). The lowest BCUT2D eigenvalue weighted by molar-refractivity contribution is 0.378. The summed E-state index contributed by atoms with van der Waals surface area (Å²) in [5.41, 5.74) is 1.12. The third kappa shape index (κ3) is 5.51. The third-order valence-corrected chi connectivity index (χ3v) is 4.42. The molecule has 0 aliphatic heterocycles. The summed E-state index contributed by atoms with van der Waals surface area (Å²) < 4.78 is 32.3. The molecule has 3 rings (SSSR count). The fourth-order valence-electron chi connectivity index (χ4n) is 2.72. The summed E-state index contributed by atoms with van der Waals surface area (Å²) in [6, 6.07) is 10.3. The molecule has 9 heteroatoms. The van der Waals surface area contributed by atoms with Crippen LogP contribution in [-0.4, -0.2) is 29.7 Å². The summed E-state index contributed by atoms with van der Waals surface area (Å²) in [4.78, 5) is 8.46. The summed E-state index contributed by atoms with van der Waals surface area (Å²) in [7, 11) is 1.60. The highest BCUT2D eigenvalue weighted by Gasteiger charge is 2.14. The van der Waals surface area contributed by atoms with E-state index in [1.807, 2.05) is 12.1 Å². The van der Waals surface area contributed by atoms with E-state index in [0.29, 0.717) is 41.2 Å². The molecule has 0 saturated carbocycles. The lowest BCUT2D eigenvalue weighted by Crippen LogP contribution is -2.39. The second kappa shape index (κ2) is 9.47. The van der Waals surface area contributed by atoms with Crippen molar-refractivity contribution in [1.82, 2.24) is 20.8 Å². The highest BCUT2D eigenvalue weighted by atomic mass is 35.5. The molecule has 152 valence electrons. The van der Waals surface area contributed by atoms with E-state index in [4.69, 9.17) is 16.1 Å². The Labute approximate surface area is 172 Å². The zero-order chi connectivity index (χ0) is 20.8. The molecule has 2 N–H and O–H groups in total. The largest absolute Gasteiger partial charge is 0.356 e. The van der Waals surface area contributed by atoms with Crippen molar-refractivity contribution in [2.24, 2.45) is 4.99 Å². The number of benzene rings is 2. The number of halogens is 3. The monoisotopic (exact) mass is 419 g/mol. The number of rotatable bonds is 6. The topological polar surface area (TPSA) is 75.3 Å². The molecule has 0 radical (unpaired) electrons. The maximum absolute atomic E-state index is 13.9. The molecular weight excluding hydrogens is 400 g/mol. The van der Waals surface area contributed by atoms with Gasteiger partial charge in [0.05, 0.1) is 6.04 Å². The van der Waals surface area contributed by atoms with Gasteiger partial charge in [-0.2, -0.15) is 4.98 Å². The van der Waals surface area contributed by atoms with Gasteiger partial charge in [0.15, 0.2) is 5.96 Å². The van der Waals surface area contributed by atoms with Gasteiger partial charge in [-0.05, 0) is 25.1 Å². The first-order chi connectivity index (χ1) is 14.0. The van der Waals surface area contributed by atoms with Crippen LogP contribution in [0.2, 0.25) is 5.02 Å². The van der Waals surface area contributed by atoms with Crippen molar-refractivity contribution < 1.29 is 13.3 Å². The number of aliphatic imine (C=N–C) groups is 1. The molecule has 0 amide bonds. The average molecular weight is 420 g/mol. The summed E-state index contributed by atoms with van der Waals surface area (Å²) in [5.74, 6) is 0.166. The number of hydrogen-bond donors (Lipinski definition) is 2. The quantitative estimate of drug-likeness (QED) is 0.464. The van der Waals surface area contributed by atoms with E-state index in [1.54, 1.807) is 26.1 Å². The Morgan fingerprint density at radius 2 is 2.07 bits per heavy atom. The highest BCUT2D eigenvalue weighted by Crippen LogP contribution is 2.20. The lowest BCUT2D eigenvalue weighted by atomic mass is 10.1. The molecule has 0 aliphatic carbocycles. The van der Waals surface area contributed by atoms with Crippen LogP contribution in [0.15, 0.2) is 52.0 Å². The number of nitrogens with zero attached hydrogens (tertiary/aromatic N) is 3. The minimum Gasteiger partial charge on any atom is -0.356 e. The SMILES string of the molecule is CN=C(NCCc1nc(-c2cccc(Cl)c2)no1)NC(C)c1ccc(F)cc1F. The summed E-state index contributed by atoms with van der Waals surface area (Å²) in [6.45, 7) is 2.23. The second-order valence-corrected chi connectivity index (χ2v) is 6.74. The Morgan fingerprint density at radius 1 is 1.24 bits per heavy atom. The predicted octanol–water partition coefficient (Wildman–Crippen LogP) is 4.14. The first kappa shape index (κ1) is 20.7. The van der Waals surface area contributed by atoms with Crippen LogP contribution in [0.3, 0.4) is 0 Å². The molecule has 0 spiro atoms. The lowest BCUT2D eigenvalue weighted by Gasteiger charge is -2.18. The van der Waals surface area contributed by atoms with E-state index in [1.165, 1.54) is 12.1 Å². The van der Waals surface area contributed by atoms with Crippen molar-refractivity contribution in [2.75, 3.05) is 13.6 Å². The molecule has 0 aliphatic rings. The van der Waals surface area contributed by atoms with Crippen molar-refractivity contribution in [3.05, 3.63) is 70.6 Å². The minimum atomic E-state index is -0.613. The Balaban J connectivity index is 1.54. The molecule has 0 saturated heterocycles. The van der Waals surface area contributed by atoms with Crippen LogP contribution in [0.25, 0.3) is 11.4 Å². The van der Waals surface area contributed by atoms with E-state index in [-0.39, 0.29) is 0 Å². The van der Waals surface area contributed by atoms with Gasteiger partial charge in [-0.3, -0.25) is 4.99 Å². The van der Waals surface area contributed by atoms with Gasteiger partial charge in [-0.25, -0.2) is 8.78 Å². The second-order valence-electron chi connectivity index (χ2n) is 6.30. The van der Waals surface area contributed by atoms with Crippen LogP contribution in [0.4, 0.5) is 8.78 Å². The molecule has 1 atom stereocenters. The normalized spacial score (nSPS) is 12.7. The Morgan fingerprint density at radius 3 is 2.79 bits per heavy atom. The molecule has 0 fully saturated rings. The van der Waals surface area contributed by atoms with Crippen molar-refractivity contribution in [3.63, 3.8) is 0 Å². The van der Waals surface area contributed by atoms with Crippen LogP contribution in [0.1, 0.15) is 24.4 Å². The summed E-state index contributed by atoms with van der Waals surface area (Å²) in [6.07, 6.45) is 0.466. The maximum Gasteiger partial charge on any atom is 0.228 e. The fourth-order valence-corrected chi connectivity index (χ4v) is 2.91. The van der Waals surface area contributed by atoms with Gasteiger partial charge >= 0.3 is 0 Å². The molecular formula is C20H20ClF2N5O. The number of guanidine groups is 1. The van der Waals surface area contributed by atoms with E-state index in [9.17, 15) is 8.78 Å². The van der Waals surface area contributed by atoms with E-state index in [0.717, 1.165) is 11.6 Å². The summed E-state index contributed by atoms with van der Waals surface area (Å²) >= 11 is 5.98. The molecule has 1 unspecified atom stereocenters. The molecule has 0 bridgehead atoms. The predicted molar refractivity (Wildman–Crippen MR) is 108 cm³/mol. The molecule has 6 nitrogen and oxygen atoms in total. The van der Waals surface area contributed by atoms with Crippen LogP contribution >= 0.6 is 11.6 Å². The van der Waals surface area contributed by atoms with Crippen LogP contribution in [-0.2, 0) is 6.42 Å². The van der Waals surface area contributed by atoms with Crippen LogP contribution in [0.5, 0.6) is 0 Å². The number of aromatic nitrogens is 2. The van der Waals surface area contributed by atoms with Crippen molar-refractivity contribution >= 4 is 17.6 Å². The molecule has 29 heavy (non-hydrogen) atoms. The van der Waals surface area contributed by atoms with Gasteiger partial charge < -0.3 is 15.2 Å². The Bertz CT molecular complexity index is 1010. The highest BCUT2D eigenvalue weighted by molar-refractivity contribution is 6.30. The van der Waals surface area contributed by atoms with Crippen molar-refractivity contribution in [2.45, 2.75) is 19.4 Å². The molecule has 3 aromatic rings. The molecule has 2 aromatic carbocycles. The number of nitrogens with one attached hydrogen (secondary N) is 2. The zero-order valence-electron chi connectivity index (χ0n) is 15.9. The van der Waals surface area contributed by atoms with Gasteiger partial charge in [0.1, 0.15) is 11.6 Å². The van der Waals surface area contributed by atoms with Gasteiger partial charge in [0.2, 0.25) is 11.7 Å². The third-order valence-electron chi connectivity index (χ3n) is 4.19.